The normalized spacial score (nSPS) is 20.9. The first-order valence-electron chi connectivity index (χ1n) is 9.67. The average molecular weight is 396 g/mol. The highest BCUT2D eigenvalue weighted by Gasteiger charge is 2.30. The van der Waals surface area contributed by atoms with Gasteiger partial charge < -0.3 is 10.2 Å². The predicted molar refractivity (Wildman–Crippen MR) is 98.2 cm³/mol. The fourth-order valence-corrected chi connectivity index (χ4v) is 4.17. The molecule has 28 heavy (non-hydrogen) atoms. The van der Waals surface area contributed by atoms with Crippen LogP contribution in [0.15, 0.2) is 24.3 Å². The first-order valence-corrected chi connectivity index (χ1v) is 9.67. The lowest BCUT2D eigenvalue weighted by Crippen LogP contribution is -2.16. The number of aliphatic hydroxyl groups is 1. The maximum Gasteiger partial charge on any atom is 0.200 e. The summed E-state index contributed by atoms with van der Waals surface area (Å²) >= 11 is 0. The van der Waals surface area contributed by atoms with Crippen molar-refractivity contribution in [2.45, 2.75) is 63.4 Å². The molecule has 1 aliphatic carbocycles. The highest BCUT2D eigenvalue weighted by atomic mass is 19.2. The van der Waals surface area contributed by atoms with E-state index in [1.165, 1.54) is 18.2 Å². The second-order valence-electron chi connectivity index (χ2n) is 7.53. The van der Waals surface area contributed by atoms with Gasteiger partial charge in [0.15, 0.2) is 23.2 Å². The molecule has 152 valence electrons. The molecule has 0 bridgehead atoms. The number of rotatable bonds is 5. The van der Waals surface area contributed by atoms with Crippen molar-refractivity contribution >= 4 is 0 Å². The van der Waals surface area contributed by atoms with Gasteiger partial charge in [0, 0.05) is 5.56 Å². The van der Waals surface area contributed by atoms with Gasteiger partial charge in [0.2, 0.25) is 5.82 Å². The molecule has 2 N–H and O–H groups in total. The largest absolute Gasteiger partial charge is 0.505 e. The van der Waals surface area contributed by atoms with Gasteiger partial charge in [0.05, 0.1) is 6.10 Å². The minimum absolute atomic E-state index is 0.0292. The van der Waals surface area contributed by atoms with Crippen molar-refractivity contribution in [2.24, 2.45) is 0 Å². The van der Waals surface area contributed by atoms with E-state index in [9.17, 15) is 27.8 Å². The quantitative estimate of drug-likeness (QED) is 0.589. The summed E-state index contributed by atoms with van der Waals surface area (Å²) in [6, 6.07) is 5.48. The van der Waals surface area contributed by atoms with Crippen LogP contribution in [0.1, 0.15) is 80.1 Å². The Kier molecular flexibility index (Phi) is 6.28. The third kappa shape index (κ3) is 3.88. The monoisotopic (exact) mass is 396 g/mol. The molecule has 6 heteroatoms. The molecule has 0 heterocycles. The van der Waals surface area contributed by atoms with Crippen LogP contribution in [-0.2, 0) is 0 Å². The van der Waals surface area contributed by atoms with Crippen LogP contribution in [0.25, 0.3) is 0 Å². The van der Waals surface area contributed by atoms with Crippen molar-refractivity contribution < 1.29 is 27.8 Å². The molecular weight excluding hydrogens is 372 g/mol. The molecule has 0 aliphatic heterocycles. The van der Waals surface area contributed by atoms with Crippen LogP contribution in [0.2, 0.25) is 0 Å². The fourth-order valence-electron chi connectivity index (χ4n) is 4.17. The van der Waals surface area contributed by atoms with Crippen LogP contribution in [0.3, 0.4) is 0 Å². The lowest BCUT2D eigenvalue weighted by atomic mass is 9.75. The van der Waals surface area contributed by atoms with Crippen LogP contribution < -0.4 is 0 Å². The Morgan fingerprint density at radius 3 is 1.86 bits per heavy atom. The SMILES string of the molecule is CCCC(O)c1ccc(C2CCC(c3ccc(O)c(F)c3F)CC2)c(F)c1F. The van der Waals surface area contributed by atoms with Gasteiger partial charge in [-0.05, 0) is 61.1 Å². The summed E-state index contributed by atoms with van der Waals surface area (Å²) in [4.78, 5) is 0. The molecule has 0 aromatic heterocycles. The summed E-state index contributed by atoms with van der Waals surface area (Å²) in [7, 11) is 0. The molecule has 1 fully saturated rings. The molecule has 0 spiro atoms. The zero-order chi connectivity index (χ0) is 20.4. The van der Waals surface area contributed by atoms with Gasteiger partial charge in [-0.15, -0.1) is 0 Å². The van der Waals surface area contributed by atoms with Gasteiger partial charge in [-0.25, -0.2) is 13.2 Å². The molecule has 1 aliphatic rings. The van der Waals surface area contributed by atoms with Crippen molar-refractivity contribution in [1.29, 1.82) is 0 Å². The Balaban J connectivity index is 1.75. The molecule has 2 nitrogen and oxygen atoms in total. The van der Waals surface area contributed by atoms with Crippen molar-refractivity contribution in [3.63, 3.8) is 0 Å². The molecule has 0 saturated heterocycles. The van der Waals surface area contributed by atoms with E-state index < -0.39 is 35.1 Å². The summed E-state index contributed by atoms with van der Waals surface area (Å²) in [6.45, 7) is 1.85. The predicted octanol–water partition coefficient (Wildman–Crippen LogP) is 6.22. The molecule has 2 aromatic carbocycles. The van der Waals surface area contributed by atoms with Crippen molar-refractivity contribution in [1.82, 2.24) is 0 Å². The van der Waals surface area contributed by atoms with E-state index in [-0.39, 0.29) is 28.5 Å². The number of phenolic OH excluding ortho intramolecular Hbond substituents is 1. The Labute approximate surface area is 161 Å². The fraction of sp³-hybridized carbons (Fsp3) is 0.455. The van der Waals surface area contributed by atoms with Crippen molar-refractivity contribution in [2.75, 3.05) is 0 Å². The maximum absolute atomic E-state index is 14.6. The van der Waals surface area contributed by atoms with Crippen molar-refractivity contribution in [3.8, 4) is 5.75 Å². The van der Waals surface area contributed by atoms with Gasteiger partial charge in [0.1, 0.15) is 0 Å². The Bertz CT molecular complexity index is 845. The summed E-state index contributed by atoms with van der Waals surface area (Å²) < 4.78 is 56.7. The van der Waals surface area contributed by atoms with E-state index in [2.05, 4.69) is 0 Å². The van der Waals surface area contributed by atoms with Gasteiger partial charge >= 0.3 is 0 Å². The van der Waals surface area contributed by atoms with E-state index in [0.29, 0.717) is 38.5 Å². The van der Waals surface area contributed by atoms with E-state index in [1.54, 1.807) is 0 Å². The number of aromatic hydroxyl groups is 1. The molecule has 3 rings (SSSR count). The Hall–Kier alpha value is -2.08. The number of benzene rings is 2. The molecule has 0 radical (unpaired) electrons. The van der Waals surface area contributed by atoms with Crippen LogP contribution in [0.4, 0.5) is 17.6 Å². The van der Waals surface area contributed by atoms with Gasteiger partial charge in [-0.2, -0.15) is 4.39 Å². The first kappa shape index (κ1) is 20.6. The summed E-state index contributed by atoms with van der Waals surface area (Å²) in [5, 5.41) is 19.2. The third-order valence-electron chi connectivity index (χ3n) is 5.76. The van der Waals surface area contributed by atoms with E-state index in [4.69, 9.17) is 0 Å². The molecule has 2 aromatic rings. The Morgan fingerprint density at radius 1 is 0.821 bits per heavy atom. The van der Waals surface area contributed by atoms with E-state index in [0.717, 1.165) is 6.07 Å². The smallest absolute Gasteiger partial charge is 0.200 e. The molecule has 0 amide bonds. The number of phenols is 1. The maximum atomic E-state index is 14.6. The van der Waals surface area contributed by atoms with Crippen LogP contribution in [-0.4, -0.2) is 10.2 Å². The zero-order valence-corrected chi connectivity index (χ0v) is 15.7. The lowest BCUT2D eigenvalue weighted by molar-refractivity contribution is 0.160. The number of halogens is 4. The second kappa shape index (κ2) is 8.52. The van der Waals surface area contributed by atoms with Gasteiger partial charge in [-0.3, -0.25) is 0 Å². The van der Waals surface area contributed by atoms with Gasteiger partial charge in [0.25, 0.3) is 0 Å². The lowest BCUT2D eigenvalue weighted by Gasteiger charge is -2.30. The standard InChI is InChI=1S/C22H24F4O2/c1-2-3-17(27)16-9-8-14(19(23)21(16)25)12-4-6-13(7-5-12)15-10-11-18(28)22(26)20(15)24/h8-13,17,27-28H,2-7H2,1H3. The van der Waals surface area contributed by atoms with Crippen LogP contribution in [0.5, 0.6) is 5.75 Å². The minimum Gasteiger partial charge on any atom is -0.505 e. The molecule has 1 atom stereocenters. The van der Waals surface area contributed by atoms with Crippen LogP contribution >= 0.6 is 0 Å². The topological polar surface area (TPSA) is 40.5 Å². The second-order valence-corrected chi connectivity index (χ2v) is 7.53. The van der Waals surface area contributed by atoms with E-state index >= 15 is 0 Å². The number of hydrogen-bond donors (Lipinski definition) is 2. The van der Waals surface area contributed by atoms with Gasteiger partial charge in [-0.1, -0.05) is 31.5 Å². The van der Waals surface area contributed by atoms with Crippen molar-refractivity contribution in [3.05, 3.63) is 64.2 Å². The van der Waals surface area contributed by atoms with E-state index in [1.807, 2.05) is 6.92 Å². The van der Waals surface area contributed by atoms with Crippen LogP contribution in [0, 0.1) is 23.3 Å². The number of aliphatic hydroxyl groups excluding tert-OH is 1. The summed E-state index contributed by atoms with van der Waals surface area (Å²) in [6.07, 6.45) is 2.02. The molecular formula is C22H24F4O2. The number of hydrogen-bond acceptors (Lipinski definition) is 2. The minimum atomic E-state index is -1.26. The summed E-state index contributed by atoms with van der Waals surface area (Å²) in [5.74, 6) is -5.41. The Morgan fingerprint density at radius 2 is 1.32 bits per heavy atom. The first-order chi connectivity index (χ1) is 13.3. The third-order valence-corrected chi connectivity index (χ3v) is 5.76. The summed E-state index contributed by atoms with van der Waals surface area (Å²) in [5.41, 5.74) is 0.442. The highest BCUT2D eigenvalue weighted by Crippen LogP contribution is 2.43. The highest BCUT2D eigenvalue weighted by molar-refractivity contribution is 5.34. The molecule has 1 unspecified atom stereocenters. The molecule has 1 saturated carbocycles. The average Bonchev–Trinajstić information content (AvgIpc) is 2.69. The zero-order valence-electron chi connectivity index (χ0n) is 15.7.